The van der Waals surface area contributed by atoms with E-state index in [4.69, 9.17) is 0 Å². The smallest absolute Gasteiger partial charge is 0.151 e. The highest BCUT2D eigenvalue weighted by Gasteiger charge is 2.28. The Hall–Kier alpha value is -1.50. The van der Waals surface area contributed by atoms with Crippen molar-refractivity contribution >= 4 is 11.0 Å². The van der Waals surface area contributed by atoms with Crippen molar-refractivity contribution in [1.82, 2.24) is 24.3 Å². The summed E-state index contributed by atoms with van der Waals surface area (Å²) in [6.45, 7) is 15.2. The van der Waals surface area contributed by atoms with Crippen LogP contribution in [-0.2, 0) is 13.1 Å². The minimum atomic E-state index is -0.219. The maximum absolute atomic E-state index is 14.1. The highest BCUT2D eigenvalue weighted by atomic mass is 19.1. The molecule has 0 atom stereocenters. The normalized spacial score (nSPS) is 21.2. The first-order chi connectivity index (χ1) is 13.6. The van der Waals surface area contributed by atoms with Crippen LogP contribution in [0.2, 0.25) is 0 Å². The number of likely N-dealkylation sites (tertiary alicyclic amines) is 1. The largest absolute Gasteiger partial charge is 0.327 e. The number of piperidine rings is 1. The Bertz CT molecular complexity index is 786. The number of imidazole rings is 1. The van der Waals surface area contributed by atoms with Crippen molar-refractivity contribution in [2.75, 3.05) is 39.3 Å². The van der Waals surface area contributed by atoms with Gasteiger partial charge in [0.05, 0.1) is 12.1 Å². The van der Waals surface area contributed by atoms with Crippen LogP contribution in [0.5, 0.6) is 0 Å². The molecule has 0 bridgehead atoms. The minimum Gasteiger partial charge on any atom is -0.327 e. The molecule has 154 valence electrons. The van der Waals surface area contributed by atoms with Gasteiger partial charge < -0.3 is 9.47 Å². The quantitative estimate of drug-likeness (QED) is 0.788. The Labute approximate surface area is 168 Å². The molecule has 2 aliphatic heterocycles. The van der Waals surface area contributed by atoms with Crippen LogP contribution in [0.3, 0.4) is 0 Å². The van der Waals surface area contributed by atoms with Gasteiger partial charge in [-0.15, -0.1) is 0 Å². The second-order valence-electron chi connectivity index (χ2n) is 8.55. The van der Waals surface area contributed by atoms with Crippen molar-refractivity contribution in [1.29, 1.82) is 0 Å². The summed E-state index contributed by atoms with van der Waals surface area (Å²) in [5, 5.41) is 0. The zero-order valence-electron chi connectivity index (χ0n) is 17.6. The molecule has 0 amide bonds. The van der Waals surface area contributed by atoms with Gasteiger partial charge in [0.1, 0.15) is 11.3 Å². The molecule has 0 aliphatic carbocycles. The predicted octanol–water partition coefficient (Wildman–Crippen LogP) is 3.19. The van der Waals surface area contributed by atoms with Crippen molar-refractivity contribution in [3.05, 3.63) is 29.8 Å². The first kappa shape index (κ1) is 19.8. The summed E-state index contributed by atoms with van der Waals surface area (Å²) in [4.78, 5) is 12.4. The Morgan fingerprint density at radius 3 is 2.43 bits per heavy atom. The fourth-order valence-corrected chi connectivity index (χ4v) is 4.89. The van der Waals surface area contributed by atoms with Gasteiger partial charge in [-0.2, -0.15) is 0 Å². The van der Waals surface area contributed by atoms with E-state index in [1.165, 1.54) is 32.0 Å². The van der Waals surface area contributed by atoms with E-state index in [9.17, 15) is 4.39 Å². The summed E-state index contributed by atoms with van der Waals surface area (Å²) in [5.74, 6) is 0.768. The van der Waals surface area contributed by atoms with Gasteiger partial charge in [0, 0.05) is 44.8 Å². The third kappa shape index (κ3) is 3.95. The summed E-state index contributed by atoms with van der Waals surface area (Å²) in [6, 6.07) is 6.66. The van der Waals surface area contributed by atoms with E-state index in [1.807, 2.05) is 6.07 Å². The lowest BCUT2D eigenvalue weighted by Crippen LogP contribution is -2.53. The van der Waals surface area contributed by atoms with Gasteiger partial charge in [-0.1, -0.05) is 6.07 Å². The Balaban J connectivity index is 1.35. The number of piperazine rings is 1. The van der Waals surface area contributed by atoms with Crippen LogP contribution in [0.4, 0.5) is 4.39 Å². The third-order valence-electron chi connectivity index (χ3n) is 6.64. The number of aryl methyl sites for hydroxylation is 1. The zero-order valence-corrected chi connectivity index (χ0v) is 17.6. The molecule has 1 aromatic heterocycles. The zero-order chi connectivity index (χ0) is 19.7. The fourth-order valence-electron chi connectivity index (χ4n) is 4.89. The van der Waals surface area contributed by atoms with Crippen molar-refractivity contribution in [2.24, 2.45) is 0 Å². The van der Waals surface area contributed by atoms with Crippen LogP contribution < -0.4 is 0 Å². The number of hydrogen-bond acceptors (Lipinski definition) is 4. The summed E-state index contributed by atoms with van der Waals surface area (Å²) >= 11 is 0. The van der Waals surface area contributed by atoms with Gasteiger partial charge in [-0.3, -0.25) is 9.80 Å². The fraction of sp³-hybridized carbons (Fsp3) is 0.682. The van der Waals surface area contributed by atoms with Crippen molar-refractivity contribution in [3.8, 4) is 0 Å². The van der Waals surface area contributed by atoms with Gasteiger partial charge in [-0.05, 0) is 58.8 Å². The molecule has 28 heavy (non-hydrogen) atoms. The molecular formula is C22H34FN5. The van der Waals surface area contributed by atoms with Crippen LogP contribution in [0, 0.1) is 5.82 Å². The van der Waals surface area contributed by atoms with Crippen molar-refractivity contribution in [2.45, 2.75) is 58.8 Å². The van der Waals surface area contributed by atoms with Crippen LogP contribution >= 0.6 is 0 Å². The lowest BCUT2D eigenvalue weighted by molar-refractivity contribution is 0.0486. The molecule has 6 heteroatoms. The van der Waals surface area contributed by atoms with E-state index < -0.39 is 0 Å². The molecule has 0 spiro atoms. The monoisotopic (exact) mass is 387 g/mol. The summed E-state index contributed by atoms with van der Waals surface area (Å²) in [5.41, 5.74) is 1.42. The Morgan fingerprint density at radius 2 is 1.79 bits per heavy atom. The molecule has 2 saturated heterocycles. The maximum atomic E-state index is 14.1. The van der Waals surface area contributed by atoms with Crippen molar-refractivity contribution < 1.29 is 4.39 Å². The highest BCUT2D eigenvalue weighted by molar-refractivity contribution is 5.76. The number of para-hydroxylation sites is 1. The van der Waals surface area contributed by atoms with E-state index in [0.29, 0.717) is 11.6 Å². The van der Waals surface area contributed by atoms with Crippen LogP contribution in [0.25, 0.3) is 11.0 Å². The minimum absolute atomic E-state index is 0.219. The molecule has 2 fully saturated rings. The standard InChI is InChI=1S/C22H34FN5/c1-4-28-20-7-5-6-19(23)22(20)24-21(28)16-25-12-14-27(15-13-25)18-8-10-26(11-9-18)17(2)3/h5-7,17-18H,4,8-16H2,1-3H3. The highest BCUT2D eigenvalue weighted by Crippen LogP contribution is 2.22. The van der Waals surface area contributed by atoms with E-state index in [2.05, 4.69) is 45.0 Å². The van der Waals surface area contributed by atoms with Gasteiger partial charge in [0.2, 0.25) is 0 Å². The van der Waals surface area contributed by atoms with Crippen molar-refractivity contribution in [3.63, 3.8) is 0 Å². The number of rotatable bonds is 5. The lowest BCUT2D eigenvalue weighted by atomic mass is 10.0. The number of benzene rings is 1. The van der Waals surface area contributed by atoms with Gasteiger partial charge in [0.15, 0.2) is 5.82 Å². The second kappa shape index (κ2) is 8.47. The SMILES string of the molecule is CCn1c(CN2CCN(C3CCN(C(C)C)CC3)CC2)nc2c(F)cccc21. The van der Waals surface area contributed by atoms with Crippen LogP contribution in [0.1, 0.15) is 39.4 Å². The number of fused-ring (bicyclic) bond motifs is 1. The molecule has 3 heterocycles. The average Bonchev–Trinajstić information content (AvgIpc) is 3.07. The predicted molar refractivity (Wildman–Crippen MR) is 112 cm³/mol. The second-order valence-corrected chi connectivity index (χ2v) is 8.55. The number of halogens is 1. The molecule has 1 aromatic carbocycles. The molecule has 4 rings (SSSR count). The molecular weight excluding hydrogens is 353 g/mol. The molecule has 2 aromatic rings. The van der Waals surface area contributed by atoms with Crippen LogP contribution in [0.15, 0.2) is 18.2 Å². The molecule has 0 N–H and O–H groups in total. The average molecular weight is 388 g/mol. The first-order valence-corrected chi connectivity index (χ1v) is 10.9. The number of aromatic nitrogens is 2. The Kier molecular flexibility index (Phi) is 5.99. The topological polar surface area (TPSA) is 27.5 Å². The summed E-state index contributed by atoms with van der Waals surface area (Å²) in [7, 11) is 0. The summed E-state index contributed by atoms with van der Waals surface area (Å²) in [6.07, 6.45) is 2.59. The number of hydrogen-bond donors (Lipinski definition) is 0. The third-order valence-corrected chi connectivity index (χ3v) is 6.64. The van der Waals surface area contributed by atoms with E-state index in [-0.39, 0.29) is 5.82 Å². The summed E-state index contributed by atoms with van der Waals surface area (Å²) < 4.78 is 16.3. The molecule has 0 saturated carbocycles. The van der Waals surface area contributed by atoms with Gasteiger partial charge >= 0.3 is 0 Å². The maximum Gasteiger partial charge on any atom is 0.151 e. The molecule has 0 unspecified atom stereocenters. The van der Waals surface area contributed by atoms with E-state index in [0.717, 1.165) is 56.7 Å². The first-order valence-electron chi connectivity index (χ1n) is 10.9. The molecule has 2 aliphatic rings. The van der Waals surface area contributed by atoms with E-state index in [1.54, 1.807) is 6.07 Å². The molecule has 0 radical (unpaired) electrons. The van der Waals surface area contributed by atoms with Gasteiger partial charge in [-0.25, -0.2) is 9.37 Å². The Morgan fingerprint density at radius 1 is 1.07 bits per heavy atom. The van der Waals surface area contributed by atoms with E-state index >= 15 is 0 Å². The van der Waals surface area contributed by atoms with Crippen LogP contribution in [-0.4, -0.2) is 75.6 Å². The van der Waals surface area contributed by atoms with Gasteiger partial charge in [0.25, 0.3) is 0 Å². The number of nitrogens with zero attached hydrogens (tertiary/aromatic N) is 5. The lowest BCUT2D eigenvalue weighted by Gasteiger charge is -2.43. The molecule has 5 nitrogen and oxygen atoms in total.